The number of carbonyl (C=O) groups excluding carboxylic acids is 3. The predicted molar refractivity (Wildman–Crippen MR) is 99.2 cm³/mol. The third-order valence-electron chi connectivity index (χ3n) is 9.13. The molecule has 1 N–H and O–H groups in total. The summed E-state index contributed by atoms with van der Waals surface area (Å²) in [6.07, 6.45) is 2.09. The van der Waals surface area contributed by atoms with Gasteiger partial charge in [-0.1, -0.05) is 13.8 Å². The molecule has 9 atom stereocenters. The maximum atomic E-state index is 13.4. The molecule has 9 unspecified atom stereocenters. The molecule has 3 saturated carbocycles. The molecule has 3 aliphatic carbocycles. The Morgan fingerprint density at radius 2 is 2.03 bits per heavy atom. The first kappa shape index (κ1) is 19.5. The second kappa shape index (κ2) is 6.03. The van der Waals surface area contributed by atoms with Crippen molar-refractivity contribution < 1.29 is 33.7 Å². The second-order valence-corrected chi connectivity index (χ2v) is 10.4. The summed E-state index contributed by atoms with van der Waals surface area (Å²) >= 11 is 0. The Labute approximate surface area is 170 Å². The number of esters is 2. The fourth-order valence-corrected chi connectivity index (χ4v) is 7.88. The van der Waals surface area contributed by atoms with E-state index in [0.29, 0.717) is 19.3 Å². The van der Waals surface area contributed by atoms with Crippen molar-refractivity contribution in [3.63, 3.8) is 0 Å². The summed E-state index contributed by atoms with van der Waals surface area (Å²) in [7, 11) is 0. The number of fused-ring (bicyclic) bond motifs is 1. The monoisotopic (exact) mass is 406 g/mol. The van der Waals surface area contributed by atoms with Crippen LogP contribution in [0.3, 0.4) is 0 Å². The molecule has 29 heavy (non-hydrogen) atoms. The lowest BCUT2D eigenvalue weighted by molar-refractivity contribution is -0.242. The van der Waals surface area contributed by atoms with E-state index in [1.807, 2.05) is 13.8 Å². The van der Waals surface area contributed by atoms with E-state index in [1.165, 1.54) is 6.92 Å². The second-order valence-electron chi connectivity index (χ2n) is 10.4. The zero-order valence-corrected chi connectivity index (χ0v) is 17.3. The molecule has 5 aliphatic rings. The summed E-state index contributed by atoms with van der Waals surface area (Å²) in [4.78, 5) is 38.2. The predicted octanol–water partition coefficient (Wildman–Crippen LogP) is 1.85. The third kappa shape index (κ3) is 2.23. The number of aliphatic hydroxyl groups excluding tert-OH is 1. The van der Waals surface area contributed by atoms with Gasteiger partial charge in [0.2, 0.25) is 0 Å². The van der Waals surface area contributed by atoms with Gasteiger partial charge in [0, 0.05) is 29.6 Å². The molecule has 0 aromatic carbocycles. The first-order valence-corrected chi connectivity index (χ1v) is 10.9. The number of ketones is 1. The summed E-state index contributed by atoms with van der Waals surface area (Å²) in [5, 5.41) is 10.9. The maximum Gasteiger partial charge on any atom is 0.320 e. The van der Waals surface area contributed by atoms with Crippen LogP contribution in [0.25, 0.3) is 0 Å². The van der Waals surface area contributed by atoms with Crippen LogP contribution in [-0.2, 0) is 28.6 Å². The van der Waals surface area contributed by atoms with Crippen LogP contribution in [0.15, 0.2) is 0 Å². The molecule has 2 aliphatic heterocycles. The van der Waals surface area contributed by atoms with Gasteiger partial charge >= 0.3 is 11.9 Å². The molecule has 0 radical (unpaired) electrons. The third-order valence-corrected chi connectivity index (χ3v) is 9.13. The maximum absolute atomic E-state index is 13.4. The van der Waals surface area contributed by atoms with Gasteiger partial charge in [-0.3, -0.25) is 14.4 Å². The summed E-state index contributed by atoms with van der Waals surface area (Å²) in [6, 6.07) is 0. The quantitative estimate of drug-likeness (QED) is 0.552. The lowest BCUT2D eigenvalue weighted by atomic mass is 9.44. The molecule has 0 aromatic heterocycles. The number of aliphatic hydroxyl groups is 1. The summed E-state index contributed by atoms with van der Waals surface area (Å²) in [5.74, 6) is -1.18. The minimum Gasteiger partial charge on any atom is -0.465 e. The number of hydrogen-bond donors (Lipinski definition) is 1. The molecule has 5 rings (SSSR count). The number of ether oxygens (including phenoxy) is 3. The fraction of sp³-hybridized carbons (Fsp3) is 0.864. The van der Waals surface area contributed by atoms with Gasteiger partial charge in [-0.2, -0.15) is 0 Å². The van der Waals surface area contributed by atoms with Crippen LogP contribution in [0, 0.1) is 39.9 Å². The number of rotatable bonds is 2. The van der Waals surface area contributed by atoms with Crippen molar-refractivity contribution in [3.05, 3.63) is 0 Å². The van der Waals surface area contributed by atoms with E-state index in [0.717, 1.165) is 12.8 Å². The van der Waals surface area contributed by atoms with Gasteiger partial charge in [0.05, 0.1) is 13.2 Å². The number of hydrogen-bond acceptors (Lipinski definition) is 7. The van der Waals surface area contributed by atoms with Gasteiger partial charge in [-0.05, 0) is 43.9 Å². The fourth-order valence-electron chi connectivity index (χ4n) is 7.88. The van der Waals surface area contributed by atoms with Gasteiger partial charge in [0.25, 0.3) is 0 Å². The Hall–Kier alpha value is -1.47. The Morgan fingerprint density at radius 3 is 2.76 bits per heavy atom. The van der Waals surface area contributed by atoms with E-state index >= 15 is 0 Å². The van der Waals surface area contributed by atoms with Crippen LogP contribution in [0.5, 0.6) is 0 Å². The first-order valence-electron chi connectivity index (χ1n) is 10.9. The van der Waals surface area contributed by atoms with E-state index in [9.17, 15) is 19.5 Å². The molecule has 7 heteroatoms. The average molecular weight is 406 g/mol. The van der Waals surface area contributed by atoms with Crippen molar-refractivity contribution in [1.29, 1.82) is 0 Å². The van der Waals surface area contributed by atoms with E-state index in [1.54, 1.807) is 0 Å². The zero-order chi connectivity index (χ0) is 20.8. The van der Waals surface area contributed by atoms with Gasteiger partial charge in [0.1, 0.15) is 11.5 Å². The Bertz CT molecular complexity index is 779. The minimum atomic E-state index is -1.11. The number of Topliss-reactive ketones (excluding diaryl/α,β-unsaturated/α-hetero) is 1. The number of carbonyl (C=O) groups is 3. The van der Waals surface area contributed by atoms with E-state index in [4.69, 9.17) is 14.2 Å². The zero-order valence-electron chi connectivity index (χ0n) is 17.3. The van der Waals surface area contributed by atoms with E-state index in [-0.39, 0.29) is 60.7 Å². The Kier molecular flexibility index (Phi) is 4.06. The van der Waals surface area contributed by atoms with Crippen molar-refractivity contribution in [2.45, 2.75) is 65.3 Å². The summed E-state index contributed by atoms with van der Waals surface area (Å²) in [6.45, 7) is 5.78. The summed E-state index contributed by atoms with van der Waals surface area (Å²) < 4.78 is 17.2. The van der Waals surface area contributed by atoms with Crippen LogP contribution in [0.1, 0.15) is 52.9 Å². The molecule has 160 valence electrons. The molecule has 7 nitrogen and oxygen atoms in total. The lowest BCUT2D eigenvalue weighted by Crippen LogP contribution is -2.69. The average Bonchev–Trinajstić information content (AvgIpc) is 3.13. The van der Waals surface area contributed by atoms with Crippen LogP contribution in [0.4, 0.5) is 0 Å². The lowest BCUT2D eigenvalue weighted by Gasteiger charge is -2.62. The van der Waals surface area contributed by atoms with Gasteiger partial charge in [0.15, 0.2) is 12.1 Å². The van der Waals surface area contributed by atoms with E-state index < -0.39 is 22.5 Å². The van der Waals surface area contributed by atoms with Crippen LogP contribution >= 0.6 is 0 Å². The molecular formula is C22H30O7. The molecule has 2 bridgehead atoms. The Balaban J connectivity index is 1.62. The summed E-state index contributed by atoms with van der Waals surface area (Å²) in [5.41, 5.74) is -2.23. The van der Waals surface area contributed by atoms with Gasteiger partial charge < -0.3 is 19.3 Å². The molecule has 5 fully saturated rings. The molecule has 2 heterocycles. The SMILES string of the molecule is CC(=O)OCC1(C)CCC2OC(=O)C34CC(CCC3C23COC(O)C13)C(C)C4=O. The smallest absolute Gasteiger partial charge is 0.320 e. The normalized spacial score (nSPS) is 53.0. The topological polar surface area (TPSA) is 99.1 Å². The van der Waals surface area contributed by atoms with Crippen molar-refractivity contribution in [2.75, 3.05) is 13.2 Å². The van der Waals surface area contributed by atoms with Crippen molar-refractivity contribution in [1.82, 2.24) is 0 Å². The highest BCUT2D eigenvalue weighted by Crippen LogP contribution is 2.71. The van der Waals surface area contributed by atoms with Gasteiger partial charge in [-0.25, -0.2) is 0 Å². The molecule has 2 spiro atoms. The van der Waals surface area contributed by atoms with Gasteiger partial charge in [-0.15, -0.1) is 0 Å². The standard InChI is InChI=1S/C22H30O7/c1-11-13-4-5-14-21(8-13,17(11)24)19(26)29-15-6-7-20(3,9-27-12(2)23)16-18(25)28-10-22(14,15)16/h11,13-16,18,25H,4-10H2,1-3H3. The van der Waals surface area contributed by atoms with Crippen molar-refractivity contribution >= 4 is 17.7 Å². The van der Waals surface area contributed by atoms with Crippen molar-refractivity contribution in [2.24, 2.45) is 39.9 Å². The molecule has 0 aromatic rings. The van der Waals surface area contributed by atoms with Crippen LogP contribution in [0.2, 0.25) is 0 Å². The minimum absolute atomic E-state index is 0.00947. The van der Waals surface area contributed by atoms with E-state index in [2.05, 4.69) is 0 Å². The largest absolute Gasteiger partial charge is 0.465 e. The highest BCUT2D eigenvalue weighted by atomic mass is 16.6. The molecule has 2 saturated heterocycles. The first-order chi connectivity index (χ1) is 13.7. The highest BCUT2D eigenvalue weighted by Gasteiger charge is 2.78. The van der Waals surface area contributed by atoms with Crippen LogP contribution < -0.4 is 0 Å². The van der Waals surface area contributed by atoms with Crippen molar-refractivity contribution in [3.8, 4) is 0 Å². The molecular weight excluding hydrogens is 376 g/mol. The molecule has 0 amide bonds. The Morgan fingerprint density at radius 1 is 1.28 bits per heavy atom. The highest BCUT2D eigenvalue weighted by molar-refractivity contribution is 6.07. The van der Waals surface area contributed by atoms with Crippen LogP contribution in [-0.4, -0.2) is 48.4 Å².